The number of aliphatic carboxylic acids is 1. The molecule has 0 aliphatic rings. The number of nitrogens with zero attached hydrogens (tertiary/aromatic N) is 2. The van der Waals surface area contributed by atoms with Crippen molar-refractivity contribution in [2.45, 2.75) is 39.0 Å². The number of carbonyl (C=O) groups excluding carboxylic acids is 2. The third-order valence-electron chi connectivity index (χ3n) is 4.44. The van der Waals surface area contributed by atoms with Crippen LogP contribution in [0.3, 0.4) is 0 Å². The fraction of sp³-hybridized carbons (Fsp3) is 0.300. The Kier molecular flexibility index (Phi) is 6.58. The molecule has 0 aliphatic carbocycles. The first kappa shape index (κ1) is 21.6. The van der Waals surface area contributed by atoms with Crippen LogP contribution in [0.1, 0.15) is 53.3 Å². The largest absolute Gasteiger partial charge is 0.481 e. The van der Waals surface area contributed by atoms with Gasteiger partial charge in [0.25, 0.3) is 0 Å². The van der Waals surface area contributed by atoms with E-state index in [4.69, 9.17) is 9.84 Å². The van der Waals surface area contributed by atoms with Gasteiger partial charge in [-0.05, 0) is 24.6 Å². The summed E-state index contributed by atoms with van der Waals surface area (Å²) >= 11 is 1.10. The number of rotatable bonds is 9. The van der Waals surface area contributed by atoms with E-state index in [1.54, 1.807) is 12.3 Å². The summed E-state index contributed by atoms with van der Waals surface area (Å²) in [6.45, 7) is 1.49. The number of fused-ring (bicyclic) bond motifs is 1. The second-order valence-electron chi connectivity index (χ2n) is 6.54. The predicted molar refractivity (Wildman–Crippen MR) is 106 cm³/mol. The monoisotopic (exact) mass is 434 g/mol. The molecule has 1 atom stereocenters. The van der Waals surface area contributed by atoms with Crippen molar-refractivity contribution in [1.82, 2.24) is 9.55 Å². The van der Waals surface area contributed by atoms with Gasteiger partial charge in [-0.3, -0.25) is 14.4 Å². The molecule has 0 bridgehead atoms. The summed E-state index contributed by atoms with van der Waals surface area (Å²) in [7, 11) is 0. The summed E-state index contributed by atoms with van der Waals surface area (Å²) in [6, 6.07) is 3.89. The lowest BCUT2D eigenvalue weighted by Gasteiger charge is -2.06. The van der Waals surface area contributed by atoms with Crippen molar-refractivity contribution in [2.75, 3.05) is 0 Å². The molecular weight excluding hydrogens is 415 g/mol. The third-order valence-corrected chi connectivity index (χ3v) is 5.30. The van der Waals surface area contributed by atoms with Crippen LogP contribution in [0, 0.1) is 5.82 Å². The lowest BCUT2D eigenvalue weighted by molar-refractivity contribution is -0.150. The zero-order valence-corrected chi connectivity index (χ0v) is 16.8. The Morgan fingerprint density at radius 1 is 1.30 bits per heavy atom. The lowest BCUT2D eigenvalue weighted by atomic mass is 10.1. The second kappa shape index (κ2) is 9.14. The number of aliphatic hydroxyl groups is 1. The van der Waals surface area contributed by atoms with Crippen LogP contribution in [-0.4, -0.2) is 37.5 Å². The number of ether oxygens (including phenoxy) is 1. The second-order valence-corrected chi connectivity index (χ2v) is 7.40. The normalized spacial score (nSPS) is 12.1. The maximum absolute atomic E-state index is 13.8. The van der Waals surface area contributed by atoms with E-state index in [1.807, 2.05) is 0 Å². The van der Waals surface area contributed by atoms with Crippen molar-refractivity contribution in [3.63, 3.8) is 0 Å². The Morgan fingerprint density at radius 2 is 2.07 bits per heavy atom. The molecule has 2 heterocycles. The van der Waals surface area contributed by atoms with Crippen LogP contribution in [0.5, 0.6) is 0 Å². The van der Waals surface area contributed by atoms with Crippen LogP contribution in [0.2, 0.25) is 0 Å². The van der Waals surface area contributed by atoms with Gasteiger partial charge in [-0.25, -0.2) is 9.37 Å². The van der Waals surface area contributed by atoms with E-state index in [2.05, 4.69) is 4.98 Å². The van der Waals surface area contributed by atoms with Crippen molar-refractivity contribution < 1.29 is 33.7 Å². The van der Waals surface area contributed by atoms with Crippen molar-refractivity contribution in [3.8, 4) is 0 Å². The summed E-state index contributed by atoms with van der Waals surface area (Å²) in [5.41, 5.74) is 1.00. The molecule has 0 amide bonds. The highest BCUT2D eigenvalue weighted by atomic mass is 32.1. The highest BCUT2D eigenvalue weighted by Crippen LogP contribution is 2.27. The smallest absolute Gasteiger partial charge is 0.308 e. The average molecular weight is 434 g/mol. The summed E-state index contributed by atoms with van der Waals surface area (Å²) in [5, 5.41) is 20.8. The van der Waals surface area contributed by atoms with Gasteiger partial charge in [0.15, 0.2) is 11.7 Å². The van der Waals surface area contributed by atoms with E-state index in [-0.39, 0.29) is 30.1 Å². The van der Waals surface area contributed by atoms with Crippen molar-refractivity contribution >= 4 is 40.0 Å². The molecule has 8 nitrogen and oxygen atoms in total. The van der Waals surface area contributed by atoms with E-state index in [9.17, 15) is 23.9 Å². The first-order chi connectivity index (χ1) is 14.3. The van der Waals surface area contributed by atoms with Gasteiger partial charge in [0.1, 0.15) is 5.82 Å². The van der Waals surface area contributed by atoms with Gasteiger partial charge in [0.2, 0.25) is 5.78 Å². The zero-order valence-electron chi connectivity index (χ0n) is 16.0. The molecule has 0 unspecified atom stereocenters. The number of carboxylic acid groups (broad SMARTS) is 1. The molecule has 0 aliphatic heterocycles. The van der Waals surface area contributed by atoms with Crippen LogP contribution in [0.4, 0.5) is 4.39 Å². The molecule has 0 radical (unpaired) electrons. The van der Waals surface area contributed by atoms with Crippen LogP contribution >= 0.6 is 11.3 Å². The van der Waals surface area contributed by atoms with Crippen molar-refractivity contribution in [2.24, 2.45) is 0 Å². The van der Waals surface area contributed by atoms with E-state index in [1.165, 1.54) is 29.0 Å². The molecule has 2 N–H and O–H groups in total. The number of halogens is 1. The Morgan fingerprint density at radius 3 is 2.77 bits per heavy atom. The summed E-state index contributed by atoms with van der Waals surface area (Å²) < 4.78 is 20.2. The zero-order chi connectivity index (χ0) is 21.8. The number of carbonyl (C=O) groups is 3. The number of hydrogen-bond acceptors (Lipinski definition) is 7. The quantitative estimate of drug-likeness (QED) is 0.392. The van der Waals surface area contributed by atoms with Crippen molar-refractivity contribution in [1.29, 1.82) is 0 Å². The molecule has 0 spiro atoms. The van der Waals surface area contributed by atoms with Crippen molar-refractivity contribution in [3.05, 3.63) is 51.9 Å². The topological polar surface area (TPSA) is 119 Å². The molecule has 0 saturated carbocycles. The molecule has 1 aromatic carbocycles. The third kappa shape index (κ3) is 4.71. The Balaban J connectivity index is 1.88. The summed E-state index contributed by atoms with van der Waals surface area (Å²) in [4.78, 5) is 39.4. The number of hydrogen-bond donors (Lipinski definition) is 2. The van der Waals surface area contributed by atoms with Gasteiger partial charge in [0, 0.05) is 17.0 Å². The minimum Gasteiger partial charge on any atom is -0.481 e. The van der Waals surface area contributed by atoms with Crippen LogP contribution < -0.4 is 0 Å². The van der Waals surface area contributed by atoms with Gasteiger partial charge >= 0.3 is 11.9 Å². The molecule has 3 rings (SSSR count). The standard InChI is InChI=1S/C20H19FN2O6S/c1-2-16(24)14-9-30-20(22-14)19(28)13-8-23(10-29-18(27)6-5-17(25)26)15-7-11(21)3-4-12(13)15/h3-4,7-9,16,24H,2,5-6,10H2,1H3,(H,25,26)/t16-/m1/s1. The number of benzene rings is 1. The number of aliphatic hydroxyl groups excluding tert-OH is 1. The van der Waals surface area contributed by atoms with E-state index in [0.29, 0.717) is 23.0 Å². The number of esters is 1. The number of aromatic nitrogens is 2. The average Bonchev–Trinajstić information content (AvgIpc) is 3.34. The molecule has 2 aromatic heterocycles. The maximum Gasteiger partial charge on any atom is 0.308 e. The minimum atomic E-state index is -1.12. The fourth-order valence-corrected chi connectivity index (χ4v) is 3.66. The maximum atomic E-state index is 13.8. The Labute approximate surface area is 174 Å². The highest BCUT2D eigenvalue weighted by molar-refractivity contribution is 7.12. The summed E-state index contributed by atoms with van der Waals surface area (Å²) in [5.74, 6) is -2.77. The van der Waals surface area contributed by atoms with E-state index >= 15 is 0 Å². The van der Waals surface area contributed by atoms with Crippen LogP contribution in [-0.2, 0) is 21.1 Å². The Bertz CT molecular complexity index is 1110. The number of ketones is 1. The minimum absolute atomic E-state index is 0.180. The first-order valence-electron chi connectivity index (χ1n) is 9.14. The van der Waals surface area contributed by atoms with E-state index in [0.717, 1.165) is 11.3 Å². The first-order valence-corrected chi connectivity index (χ1v) is 10.0. The highest BCUT2D eigenvalue weighted by Gasteiger charge is 2.22. The van der Waals surface area contributed by atoms with Gasteiger partial charge in [-0.2, -0.15) is 0 Å². The van der Waals surface area contributed by atoms with Gasteiger partial charge in [-0.1, -0.05) is 6.92 Å². The fourth-order valence-electron chi connectivity index (χ4n) is 2.84. The van der Waals surface area contributed by atoms with E-state index < -0.39 is 29.6 Å². The lowest BCUT2D eigenvalue weighted by Crippen LogP contribution is -2.10. The van der Waals surface area contributed by atoms with Gasteiger partial charge < -0.3 is 19.5 Å². The van der Waals surface area contributed by atoms with Crippen LogP contribution in [0.25, 0.3) is 10.9 Å². The predicted octanol–water partition coefficient (Wildman–Crippen LogP) is 3.28. The van der Waals surface area contributed by atoms with Gasteiger partial charge in [-0.15, -0.1) is 11.3 Å². The SMILES string of the molecule is CC[C@@H](O)c1csc(C(=O)c2cn(COC(=O)CCC(=O)O)c3cc(F)ccc23)n1. The molecule has 158 valence electrons. The number of carboxylic acids is 1. The Hall–Kier alpha value is -3.11. The molecule has 10 heteroatoms. The molecule has 30 heavy (non-hydrogen) atoms. The number of thiazole rings is 1. The molecule has 0 fully saturated rings. The van der Waals surface area contributed by atoms with Gasteiger partial charge in [0.05, 0.1) is 35.7 Å². The molecular formula is C20H19FN2O6S. The molecule has 0 saturated heterocycles. The summed E-state index contributed by atoms with van der Waals surface area (Å²) in [6.07, 6.45) is 0.483. The van der Waals surface area contributed by atoms with Crippen LogP contribution in [0.15, 0.2) is 29.8 Å². The molecule has 3 aromatic rings.